The van der Waals surface area contributed by atoms with E-state index in [0.29, 0.717) is 30.6 Å². The number of hydrogen-bond acceptors (Lipinski definition) is 3. The second-order valence-corrected chi connectivity index (χ2v) is 11.1. The highest BCUT2D eigenvalue weighted by atomic mass is 28.4. The zero-order valence-electron chi connectivity index (χ0n) is 14.2. The molecular formula is C16H34O3Si. The van der Waals surface area contributed by atoms with E-state index < -0.39 is 8.32 Å². The third-order valence-electron chi connectivity index (χ3n) is 3.21. The van der Waals surface area contributed by atoms with Crippen molar-refractivity contribution in [3.63, 3.8) is 0 Å². The lowest BCUT2D eigenvalue weighted by Gasteiger charge is -2.35. The molecule has 0 aromatic rings. The van der Waals surface area contributed by atoms with Crippen molar-refractivity contribution in [1.82, 2.24) is 0 Å². The molecule has 3 nitrogen and oxygen atoms in total. The molecule has 0 radical (unpaired) electrons. The largest absolute Gasteiger partial charge is 0.519 e. The van der Waals surface area contributed by atoms with Gasteiger partial charge in [0.2, 0.25) is 0 Å². The van der Waals surface area contributed by atoms with Crippen molar-refractivity contribution >= 4 is 14.3 Å². The minimum atomic E-state index is -2.03. The standard InChI is InChI=1S/C16H34O3Si/c1-13(2)10-20(11-14(3)4,12-15(5)6)19-16(18)8-7-9-17/h13-15,17H,7-12H2,1-6H3. The van der Waals surface area contributed by atoms with Gasteiger partial charge in [-0.2, -0.15) is 0 Å². The summed E-state index contributed by atoms with van der Waals surface area (Å²) in [6.45, 7) is 13.3. The summed E-state index contributed by atoms with van der Waals surface area (Å²) in [5.74, 6) is 1.58. The normalized spacial score (nSPS) is 12.5. The van der Waals surface area contributed by atoms with Crippen LogP contribution in [0.25, 0.3) is 0 Å². The molecule has 0 heterocycles. The van der Waals surface area contributed by atoms with Crippen LogP contribution in [-0.2, 0) is 9.22 Å². The molecule has 0 aliphatic rings. The fourth-order valence-electron chi connectivity index (χ4n) is 3.12. The summed E-state index contributed by atoms with van der Waals surface area (Å²) >= 11 is 0. The van der Waals surface area contributed by atoms with Crippen LogP contribution in [0.3, 0.4) is 0 Å². The first kappa shape index (κ1) is 19.6. The van der Waals surface area contributed by atoms with Crippen LogP contribution in [0.5, 0.6) is 0 Å². The predicted octanol–water partition coefficient (Wildman–Crippen LogP) is 4.22. The second-order valence-electron chi connectivity index (χ2n) is 7.28. The molecule has 20 heavy (non-hydrogen) atoms. The summed E-state index contributed by atoms with van der Waals surface area (Å²) in [4.78, 5) is 12.1. The van der Waals surface area contributed by atoms with Gasteiger partial charge in [-0.1, -0.05) is 41.5 Å². The molecular weight excluding hydrogens is 268 g/mol. The van der Waals surface area contributed by atoms with Gasteiger partial charge in [-0.05, 0) is 42.3 Å². The van der Waals surface area contributed by atoms with E-state index in [4.69, 9.17) is 9.53 Å². The van der Waals surface area contributed by atoms with Crippen molar-refractivity contribution < 1.29 is 14.3 Å². The number of rotatable bonds is 10. The molecule has 0 aromatic carbocycles. The van der Waals surface area contributed by atoms with Crippen LogP contribution in [-0.4, -0.2) is 26.0 Å². The van der Waals surface area contributed by atoms with Gasteiger partial charge in [0.25, 0.3) is 14.3 Å². The Labute approximate surface area is 126 Å². The molecule has 0 aliphatic heterocycles. The van der Waals surface area contributed by atoms with Crippen molar-refractivity contribution in [2.75, 3.05) is 6.61 Å². The maximum atomic E-state index is 12.1. The Morgan fingerprint density at radius 1 is 0.950 bits per heavy atom. The SMILES string of the molecule is CC(C)C[Si](CC(C)C)(CC(C)C)OC(=O)CCCO. The van der Waals surface area contributed by atoms with Gasteiger partial charge in [-0.3, -0.25) is 4.79 Å². The highest BCUT2D eigenvalue weighted by molar-refractivity contribution is 6.75. The summed E-state index contributed by atoms with van der Waals surface area (Å²) in [6, 6.07) is 3.15. The van der Waals surface area contributed by atoms with E-state index in [1.54, 1.807) is 0 Å². The molecule has 0 bridgehead atoms. The minimum absolute atomic E-state index is 0.0577. The smallest absolute Gasteiger partial charge is 0.292 e. The van der Waals surface area contributed by atoms with Gasteiger partial charge in [0, 0.05) is 13.0 Å². The Kier molecular flexibility index (Phi) is 9.39. The van der Waals surface area contributed by atoms with Crippen LogP contribution in [0, 0.1) is 17.8 Å². The summed E-state index contributed by atoms with van der Waals surface area (Å²) in [6.07, 6.45) is 0.855. The first-order valence-electron chi connectivity index (χ1n) is 8.03. The Morgan fingerprint density at radius 2 is 1.35 bits per heavy atom. The van der Waals surface area contributed by atoms with Gasteiger partial charge in [0.05, 0.1) is 0 Å². The molecule has 0 unspecified atom stereocenters. The zero-order valence-corrected chi connectivity index (χ0v) is 15.2. The van der Waals surface area contributed by atoms with Gasteiger partial charge in [0.15, 0.2) is 0 Å². The molecule has 0 atom stereocenters. The topological polar surface area (TPSA) is 46.5 Å². The van der Waals surface area contributed by atoms with Crippen LogP contribution >= 0.6 is 0 Å². The Balaban J connectivity index is 4.98. The van der Waals surface area contributed by atoms with Gasteiger partial charge < -0.3 is 9.53 Å². The van der Waals surface area contributed by atoms with E-state index in [9.17, 15) is 4.79 Å². The van der Waals surface area contributed by atoms with E-state index >= 15 is 0 Å². The quantitative estimate of drug-likeness (QED) is 0.615. The van der Waals surface area contributed by atoms with Gasteiger partial charge >= 0.3 is 0 Å². The van der Waals surface area contributed by atoms with Crippen LogP contribution < -0.4 is 0 Å². The molecule has 4 heteroatoms. The molecule has 0 amide bonds. The molecule has 0 fully saturated rings. The molecule has 0 aromatic heterocycles. The lowest BCUT2D eigenvalue weighted by Crippen LogP contribution is -2.44. The highest BCUT2D eigenvalue weighted by Gasteiger charge is 2.40. The molecule has 1 N–H and O–H groups in total. The van der Waals surface area contributed by atoms with E-state index in [1.807, 2.05) is 0 Å². The second kappa shape index (κ2) is 9.56. The molecule has 120 valence electrons. The van der Waals surface area contributed by atoms with Crippen molar-refractivity contribution in [3.05, 3.63) is 0 Å². The van der Waals surface area contributed by atoms with Crippen molar-refractivity contribution in [2.24, 2.45) is 17.8 Å². The van der Waals surface area contributed by atoms with Gasteiger partial charge in [-0.15, -0.1) is 0 Å². The van der Waals surface area contributed by atoms with Crippen molar-refractivity contribution in [1.29, 1.82) is 0 Å². The third-order valence-corrected chi connectivity index (χ3v) is 8.55. The summed E-state index contributed by atoms with van der Waals surface area (Å²) in [5, 5.41) is 8.85. The summed E-state index contributed by atoms with van der Waals surface area (Å²) in [7, 11) is -2.03. The number of carbonyl (C=O) groups excluding carboxylic acids is 1. The predicted molar refractivity (Wildman–Crippen MR) is 87.1 cm³/mol. The molecule has 0 saturated heterocycles. The third kappa shape index (κ3) is 8.75. The number of hydrogen-bond donors (Lipinski definition) is 1. The fourth-order valence-corrected chi connectivity index (χ4v) is 8.92. The van der Waals surface area contributed by atoms with E-state index in [2.05, 4.69) is 41.5 Å². The monoisotopic (exact) mass is 302 g/mol. The molecule has 0 spiro atoms. The Hall–Kier alpha value is -0.353. The maximum Gasteiger partial charge on any atom is 0.292 e. The van der Waals surface area contributed by atoms with E-state index in [0.717, 1.165) is 18.1 Å². The summed E-state index contributed by atoms with van der Waals surface area (Å²) < 4.78 is 6.06. The fraction of sp³-hybridized carbons (Fsp3) is 0.938. The van der Waals surface area contributed by atoms with Crippen LogP contribution in [0.4, 0.5) is 0 Å². The zero-order chi connectivity index (χ0) is 15.8. The number of carbonyl (C=O) groups is 1. The van der Waals surface area contributed by atoms with Crippen molar-refractivity contribution in [3.8, 4) is 0 Å². The molecule has 0 rings (SSSR count). The minimum Gasteiger partial charge on any atom is -0.519 e. The highest BCUT2D eigenvalue weighted by Crippen LogP contribution is 2.33. The molecule has 0 aliphatic carbocycles. The average Bonchev–Trinajstić information content (AvgIpc) is 2.22. The van der Waals surface area contributed by atoms with Gasteiger partial charge in [0.1, 0.15) is 0 Å². The number of aliphatic hydroxyl groups is 1. The first-order chi connectivity index (χ1) is 9.20. The van der Waals surface area contributed by atoms with Crippen LogP contribution in [0.2, 0.25) is 18.1 Å². The van der Waals surface area contributed by atoms with Crippen LogP contribution in [0.15, 0.2) is 0 Å². The molecule has 0 saturated carbocycles. The average molecular weight is 303 g/mol. The number of aliphatic hydroxyl groups excluding tert-OH is 1. The lowest BCUT2D eigenvalue weighted by atomic mass is 10.2. The van der Waals surface area contributed by atoms with Crippen molar-refractivity contribution in [2.45, 2.75) is 72.5 Å². The Bertz CT molecular complexity index is 248. The maximum absolute atomic E-state index is 12.1. The van der Waals surface area contributed by atoms with E-state index in [-0.39, 0.29) is 12.6 Å². The van der Waals surface area contributed by atoms with Crippen LogP contribution in [0.1, 0.15) is 54.4 Å². The lowest BCUT2D eigenvalue weighted by molar-refractivity contribution is -0.135. The van der Waals surface area contributed by atoms with Gasteiger partial charge in [-0.25, -0.2) is 0 Å². The Morgan fingerprint density at radius 3 is 1.65 bits per heavy atom. The summed E-state index contributed by atoms with van der Waals surface area (Å²) in [5.41, 5.74) is 0. The van der Waals surface area contributed by atoms with E-state index in [1.165, 1.54) is 0 Å². The first-order valence-corrected chi connectivity index (χ1v) is 10.6.